The molecule has 0 radical (unpaired) electrons. The molecule has 1 unspecified atom stereocenters. The quantitative estimate of drug-likeness (QED) is 0.269. The summed E-state index contributed by atoms with van der Waals surface area (Å²) in [4.78, 5) is 20.3. The molecule has 10 heteroatoms. The van der Waals surface area contributed by atoms with Crippen molar-refractivity contribution in [3.63, 3.8) is 0 Å². The van der Waals surface area contributed by atoms with E-state index >= 15 is 0 Å². The topological polar surface area (TPSA) is 132 Å². The van der Waals surface area contributed by atoms with Crippen LogP contribution in [0.1, 0.15) is 0 Å². The maximum Gasteiger partial charge on any atom is 1.00 e. The van der Waals surface area contributed by atoms with Gasteiger partial charge in [0.15, 0.2) is 0 Å². The van der Waals surface area contributed by atoms with Gasteiger partial charge >= 0.3 is 103 Å². The van der Waals surface area contributed by atoms with Crippen molar-refractivity contribution in [2.24, 2.45) is 11.5 Å². The maximum absolute atomic E-state index is 10.1. The molecule has 2 atom stereocenters. The number of carboxylic acid groups (broad SMARTS) is 2. The normalized spacial score (nSPS) is 12.9. The van der Waals surface area contributed by atoms with Crippen molar-refractivity contribution in [3.05, 3.63) is 0 Å². The van der Waals surface area contributed by atoms with Gasteiger partial charge in [0.2, 0.25) is 0 Å². The number of nitrogens with two attached hydrogens (primary N) is 2. The number of hydrogen-bond donors (Lipinski definition) is 2. The van der Waals surface area contributed by atoms with Crippen LogP contribution in [0.2, 0.25) is 0 Å². The summed E-state index contributed by atoms with van der Waals surface area (Å²) in [6.07, 6.45) is 0. The largest absolute Gasteiger partial charge is 1.00 e. The van der Waals surface area contributed by atoms with E-state index in [1.54, 1.807) is 0 Å². The van der Waals surface area contributed by atoms with Crippen molar-refractivity contribution in [2.45, 2.75) is 12.1 Å². The molecule has 0 bridgehead atoms. The summed E-state index contributed by atoms with van der Waals surface area (Å²) in [6, 6.07) is -2.10. The van der Waals surface area contributed by atoms with E-state index in [0.717, 1.165) is 21.6 Å². The fourth-order valence-electron chi connectivity index (χ4n) is 0.379. The zero-order valence-corrected chi connectivity index (χ0v) is 17.1. The van der Waals surface area contributed by atoms with Gasteiger partial charge in [0.25, 0.3) is 0 Å². The summed E-state index contributed by atoms with van der Waals surface area (Å²) in [5, 5.41) is 20.3. The third-order valence-electron chi connectivity index (χ3n) is 1.18. The van der Waals surface area contributed by atoms with Crippen LogP contribution in [0.4, 0.5) is 0 Å². The van der Waals surface area contributed by atoms with Crippen LogP contribution in [0.15, 0.2) is 0 Å². The summed E-state index contributed by atoms with van der Waals surface area (Å²) < 4.78 is 0. The molecule has 0 aromatic rings. The Balaban J connectivity index is -0.000000845. The molecule has 0 aromatic heterocycles. The molecule has 0 saturated heterocycles. The zero-order valence-electron chi connectivity index (χ0n) is 9.17. The summed E-state index contributed by atoms with van der Waals surface area (Å²) >= 11 is 0. The maximum atomic E-state index is 10.1. The minimum atomic E-state index is -1.33. The Kier molecular flexibility index (Phi) is 21.3. The molecule has 16 heavy (non-hydrogen) atoms. The second-order valence-corrected chi connectivity index (χ2v) is 4.97. The summed E-state index contributed by atoms with van der Waals surface area (Å²) in [5.74, 6) is -2.37. The van der Waals surface area contributed by atoms with Gasteiger partial charge in [-0.2, -0.15) is 0 Å². The molecule has 0 saturated carbocycles. The molecule has 82 valence electrons. The Labute approximate surface area is 187 Å². The van der Waals surface area contributed by atoms with Crippen molar-refractivity contribution in [1.29, 1.82) is 0 Å². The average Bonchev–Trinajstić information content (AvgIpc) is 2.11. The van der Waals surface area contributed by atoms with Gasteiger partial charge in [0.05, 0.1) is 24.0 Å². The fourth-order valence-corrected chi connectivity index (χ4v) is 2.59. The van der Waals surface area contributed by atoms with Gasteiger partial charge in [-0.25, -0.2) is 0 Å². The Bertz CT molecular complexity index is 201. The van der Waals surface area contributed by atoms with Gasteiger partial charge < -0.3 is 31.3 Å². The standard InChI is InChI=1S/C6H12N2O4S2.2K/c7-3(5(9)10)1-13-14-2-4(8)6(11)12;;/h3-4H,1-2,7-8H2,(H,9,10)(H,11,12);;/q;2*+1/p-2/t3-,4?;;/m0../s1. The molecule has 0 fully saturated rings. The Morgan fingerprint density at radius 3 is 1.38 bits per heavy atom. The van der Waals surface area contributed by atoms with Crippen LogP contribution in [-0.2, 0) is 9.59 Å². The van der Waals surface area contributed by atoms with Crippen molar-refractivity contribution >= 4 is 33.5 Å². The monoisotopic (exact) mass is 316 g/mol. The van der Waals surface area contributed by atoms with E-state index in [1.807, 2.05) is 0 Å². The first-order chi connectivity index (χ1) is 6.45. The SMILES string of the molecule is NC(CSSC[C@H](N)C(=O)[O-])C(=O)[O-].[K+].[K+]. The van der Waals surface area contributed by atoms with Gasteiger partial charge in [-0.15, -0.1) is 0 Å². The van der Waals surface area contributed by atoms with Gasteiger partial charge in [0, 0.05) is 11.5 Å². The Morgan fingerprint density at radius 1 is 0.938 bits per heavy atom. The fraction of sp³-hybridized carbons (Fsp3) is 0.667. The van der Waals surface area contributed by atoms with Crippen LogP contribution < -0.4 is 124 Å². The Hall–Kier alpha value is 2.83. The van der Waals surface area contributed by atoms with Crippen molar-refractivity contribution in [3.8, 4) is 0 Å². The van der Waals surface area contributed by atoms with E-state index < -0.39 is 24.0 Å². The molecule has 6 nitrogen and oxygen atoms in total. The molecule has 0 aliphatic carbocycles. The number of carbonyl (C=O) groups excluding carboxylic acids is 2. The molecule has 4 N–H and O–H groups in total. The smallest absolute Gasteiger partial charge is 0.548 e. The third-order valence-corrected chi connectivity index (χ3v) is 3.66. The van der Waals surface area contributed by atoms with Gasteiger partial charge in [0.1, 0.15) is 0 Å². The molecular formula is C6H10K2N2O4S2. The van der Waals surface area contributed by atoms with E-state index in [4.69, 9.17) is 11.5 Å². The first kappa shape index (κ1) is 23.9. The van der Waals surface area contributed by atoms with Crippen LogP contribution >= 0.6 is 21.6 Å². The first-order valence-corrected chi connectivity index (χ1v) is 6.11. The molecule has 0 spiro atoms. The second-order valence-electron chi connectivity index (χ2n) is 2.42. The minimum Gasteiger partial charge on any atom is -0.548 e. The van der Waals surface area contributed by atoms with E-state index in [0.29, 0.717) is 0 Å². The van der Waals surface area contributed by atoms with Crippen LogP contribution in [0.25, 0.3) is 0 Å². The molecular weight excluding hydrogens is 306 g/mol. The molecule has 0 aromatic carbocycles. The predicted octanol–water partition coefficient (Wildman–Crippen LogP) is -9.47. The van der Waals surface area contributed by atoms with E-state index in [1.165, 1.54) is 0 Å². The molecule has 0 amide bonds. The van der Waals surface area contributed by atoms with Gasteiger partial charge in [-0.05, 0) is 0 Å². The summed E-state index contributed by atoms with van der Waals surface area (Å²) in [7, 11) is 2.27. The molecule has 0 rings (SSSR count). The number of rotatable bonds is 7. The van der Waals surface area contributed by atoms with Crippen LogP contribution in [0.5, 0.6) is 0 Å². The van der Waals surface area contributed by atoms with Crippen molar-refractivity contribution in [1.82, 2.24) is 0 Å². The van der Waals surface area contributed by atoms with E-state index in [-0.39, 0.29) is 114 Å². The number of carboxylic acids is 2. The first-order valence-electron chi connectivity index (χ1n) is 3.62. The summed E-state index contributed by atoms with van der Waals surface area (Å²) in [6.45, 7) is 0. The zero-order chi connectivity index (χ0) is 11.1. The van der Waals surface area contributed by atoms with Crippen LogP contribution in [-0.4, -0.2) is 35.5 Å². The van der Waals surface area contributed by atoms with Crippen LogP contribution in [0, 0.1) is 0 Å². The summed E-state index contributed by atoms with van der Waals surface area (Å²) in [5.41, 5.74) is 10.3. The third kappa shape index (κ3) is 13.3. The molecule has 0 heterocycles. The van der Waals surface area contributed by atoms with E-state index in [9.17, 15) is 19.8 Å². The van der Waals surface area contributed by atoms with Crippen molar-refractivity contribution < 1.29 is 123 Å². The van der Waals surface area contributed by atoms with Gasteiger partial charge in [-0.1, -0.05) is 21.6 Å². The number of hydrogen-bond acceptors (Lipinski definition) is 8. The molecule has 0 aliphatic heterocycles. The number of carbonyl (C=O) groups is 2. The molecule has 0 aliphatic rings. The second kappa shape index (κ2) is 14.2. The van der Waals surface area contributed by atoms with Crippen molar-refractivity contribution in [2.75, 3.05) is 11.5 Å². The number of aliphatic carboxylic acids is 2. The average molecular weight is 316 g/mol. The van der Waals surface area contributed by atoms with Crippen LogP contribution in [0.3, 0.4) is 0 Å². The van der Waals surface area contributed by atoms with E-state index in [2.05, 4.69) is 0 Å². The van der Waals surface area contributed by atoms with Gasteiger partial charge in [-0.3, -0.25) is 0 Å². The minimum absolute atomic E-state index is 0. The Morgan fingerprint density at radius 2 is 1.19 bits per heavy atom. The predicted molar refractivity (Wildman–Crippen MR) is 50.9 cm³/mol.